The van der Waals surface area contributed by atoms with Crippen LogP contribution in [0.2, 0.25) is 0 Å². The molecule has 0 spiro atoms. The van der Waals surface area contributed by atoms with Gasteiger partial charge in [0.15, 0.2) is 5.58 Å². The van der Waals surface area contributed by atoms with E-state index in [1.165, 1.54) is 18.4 Å². The fourth-order valence-corrected chi connectivity index (χ4v) is 2.35. The van der Waals surface area contributed by atoms with Crippen molar-refractivity contribution in [1.82, 2.24) is 4.98 Å². The molecule has 0 saturated carbocycles. The first-order valence-corrected chi connectivity index (χ1v) is 7.27. The molecule has 2 aromatic heterocycles. The molecule has 0 radical (unpaired) electrons. The minimum atomic E-state index is -0.734. The summed E-state index contributed by atoms with van der Waals surface area (Å²) in [4.78, 5) is 17.5. The Labute approximate surface area is 135 Å². The van der Waals surface area contributed by atoms with Crippen LogP contribution >= 0.6 is 11.6 Å². The monoisotopic (exact) mass is 336 g/mol. The van der Waals surface area contributed by atoms with E-state index in [1.54, 1.807) is 12.1 Å². The molecule has 0 aliphatic heterocycles. The molecule has 0 aliphatic rings. The van der Waals surface area contributed by atoms with Crippen LogP contribution in [0.1, 0.15) is 5.56 Å². The third-order valence-electron chi connectivity index (χ3n) is 3.36. The van der Waals surface area contributed by atoms with Crippen LogP contribution in [0, 0.1) is 11.6 Å². The van der Waals surface area contributed by atoms with E-state index in [-0.39, 0.29) is 23.8 Å². The number of hydrogen-bond acceptors (Lipinski definition) is 3. The van der Waals surface area contributed by atoms with Gasteiger partial charge in [0.05, 0.1) is 12.8 Å². The van der Waals surface area contributed by atoms with Crippen molar-refractivity contribution >= 4 is 34.4 Å². The Morgan fingerprint density at radius 1 is 1.17 bits per heavy atom. The summed E-state index contributed by atoms with van der Waals surface area (Å²) in [6.45, 7) is -0.305. The Kier molecular flexibility index (Phi) is 4.25. The zero-order chi connectivity index (χ0) is 16.4. The smallest absolute Gasteiger partial charge is 0.243 e. The van der Waals surface area contributed by atoms with Gasteiger partial charge in [0.1, 0.15) is 28.8 Å². The number of halogens is 3. The third kappa shape index (κ3) is 3.03. The predicted molar refractivity (Wildman–Crippen MR) is 82.3 cm³/mol. The molecular weight excluding hydrogens is 326 g/mol. The second kappa shape index (κ2) is 6.34. The first-order chi connectivity index (χ1) is 11.1. The first kappa shape index (κ1) is 15.4. The van der Waals surface area contributed by atoms with Crippen molar-refractivity contribution < 1.29 is 18.0 Å². The van der Waals surface area contributed by atoms with Crippen molar-refractivity contribution in [2.45, 2.75) is 6.54 Å². The Hall–Kier alpha value is -2.47. The number of alkyl halides is 1. The number of anilines is 1. The van der Waals surface area contributed by atoms with Gasteiger partial charge in [0, 0.05) is 11.6 Å². The number of carbonyl (C=O) groups is 1. The van der Waals surface area contributed by atoms with E-state index >= 15 is 0 Å². The van der Waals surface area contributed by atoms with E-state index in [0.29, 0.717) is 11.1 Å². The Balaban J connectivity index is 2.02. The van der Waals surface area contributed by atoms with Crippen LogP contribution in [0.3, 0.4) is 0 Å². The molecule has 1 aromatic carbocycles. The van der Waals surface area contributed by atoms with Crippen molar-refractivity contribution in [2.24, 2.45) is 0 Å². The average Bonchev–Trinajstić information content (AvgIpc) is 3.01. The molecule has 0 bridgehead atoms. The minimum Gasteiger partial charge on any atom is -0.463 e. The largest absolute Gasteiger partial charge is 0.463 e. The van der Waals surface area contributed by atoms with Gasteiger partial charge in [-0.2, -0.15) is 0 Å². The summed E-state index contributed by atoms with van der Waals surface area (Å²) in [5.41, 5.74) is 0.855. The lowest BCUT2D eigenvalue weighted by Gasteiger charge is -2.21. The normalized spacial score (nSPS) is 10.9. The zero-order valence-electron chi connectivity index (χ0n) is 11.8. The van der Waals surface area contributed by atoms with Gasteiger partial charge < -0.3 is 4.42 Å². The highest BCUT2D eigenvalue weighted by atomic mass is 35.5. The molecule has 1 amide bonds. The second-order valence-electron chi connectivity index (χ2n) is 4.79. The zero-order valence-corrected chi connectivity index (χ0v) is 12.6. The van der Waals surface area contributed by atoms with Crippen LogP contribution in [0.4, 0.5) is 14.6 Å². The van der Waals surface area contributed by atoms with E-state index in [2.05, 4.69) is 4.98 Å². The SMILES string of the molecule is O=C(CCl)N(Cc1c(F)cccc1F)c1ccc2occc2n1. The standard InChI is InChI=1S/C16H11ClF2N2O2/c17-8-16(22)21(9-10-11(18)2-1-3-12(10)19)15-5-4-14-13(20-15)6-7-23-14/h1-7H,8-9H2. The topological polar surface area (TPSA) is 46.3 Å². The van der Waals surface area contributed by atoms with Crippen LogP contribution in [-0.2, 0) is 11.3 Å². The number of furan rings is 1. The summed E-state index contributed by atoms with van der Waals surface area (Å²) in [7, 11) is 0. The molecule has 2 heterocycles. The van der Waals surface area contributed by atoms with Gasteiger partial charge in [-0.15, -0.1) is 11.6 Å². The molecule has 0 unspecified atom stereocenters. The van der Waals surface area contributed by atoms with E-state index in [1.807, 2.05) is 0 Å². The van der Waals surface area contributed by atoms with E-state index in [9.17, 15) is 13.6 Å². The Bertz CT molecular complexity index is 846. The Morgan fingerprint density at radius 3 is 2.61 bits per heavy atom. The molecule has 0 fully saturated rings. The van der Waals surface area contributed by atoms with Crippen LogP contribution in [0.15, 0.2) is 47.1 Å². The number of aromatic nitrogens is 1. The van der Waals surface area contributed by atoms with Gasteiger partial charge >= 0.3 is 0 Å². The molecular formula is C16H11ClF2N2O2. The molecule has 4 nitrogen and oxygen atoms in total. The molecule has 3 aromatic rings. The number of carbonyl (C=O) groups excluding carboxylic acids is 1. The van der Waals surface area contributed by atoms with Crippen LogP contribution in [-0.4, -0.2) is 16.8 Å². The van der Waals surface area contributed by atoms with E-state index in [0.717, 1.165) is 17.0 Å². The fourth-order valence-electron chi connectivity index (χ4n) is 2.20. The summed E-state index contributed by atoms with van der Waals surface area (Å²) in [5.74, 6) is -2.07. The average molecular weight is 337 g/mol. The molecule has 3 rings (SSSR count). The van der Waals surface area contributed by atoms with Gasteiger partial charge in [0.25, 0.3) is 0 Å². The number of nitrogens with zero attached hydrogens (tertiary/aromatic N) is 2. The summed E-state index contributed by atoms with van der Waals surface area (Å²) < 4.78 is 32.9. The molecule has 0 saturated heterocycles. The fraction of sp³-hybridized carbons (Fsp3) is 0.125. The quantitative estimate of drug-likeness (QED) is 0.679. The number of hydrogen-bond donors (Lipinski definition) is 0. The number of rotatable bonds is 4. The maximum Gasteiger partial charge on any atom is 0.243 e. The number of benzene rings is 1. The second-order valence-corrected chi connectivity index (χ2v) is 5.05. The minimum absolute atomic E-state index is 0.222. The highest BCUT2D eigenvalue weighted by Gasteiger charge is 2.21. The van der Waals surface area contributed by atoms with Gasteiger partial charge in [-0.05, 0) is 24.3 Å². The van der Waals surface area contributed by atoms with Crippen LogP contribution in [0.5, 0.6) is 0 Å². The molecule has 0 atom stereocenters. The van der Waals surface area contributed by atoms with Crippen molar-refractivity contribution in [2.75, 3.05) is 10.8 Å². The lowest BCUT2D eigenvalue weighted by Crippen LogP contribution is -2.32. The lowest BCUT2D eigenvalue weighted by molar-refractivity contribution is -0.116. The van der Waals surface area contributed by atoms with Crippen molar-refractivity contribution in [1.29, 1.82) is 0 Å². The summed E-state index contributed by atoms with van der Waals surface area (Å²) in [6.07, 6.45) is 1.46. The Morgan fingerprint density at radius 2 is 1.91 bits per heavy atom. The van der Waals surface area contributed by atoms with Gasteiger partial charge in [0.2, 0.25) is 5.91 Å². The van der Waals surface area contributed by atoms with E-state index in [4.69, 9.17) is 16.0 Å². The van der Waals surface area contributed by atoms with Gasteiger partial charge in [-0.25, -0.2) is 13.8 Å². The predicted octanol–water partition coefficient (Wildman–Crippen LogP) is 3.88. The highest BCUT2D eigenvalue weighted by Crippen LogP contribution is 2.23. The van der Waals surface area contributed by atoms with Crippen molar-refractivity contribution in [3.8, 4) is 0 Å². The summed E-state index contributed by atoms with van der Waals surface area (Å²) >= 11 is 5.61. The maximum atomic E-state index is 13.9. The molecule has 0 N–H and O–H groups in total. The van der Waals surface area contributed by atoms with Crippen molar-refractivity contribution in [3.05, 3.63) is 59.9 Å². The lowest BCUT2D eigenvalue weighted by atomic mass is 10.2. The highest BCUT2D eigenvalue weighted by molar-refractivity contribution is 6.29. The van der Waals surface area contributed by atoms with Crippen molar-refractivity contribution in [3.63, 3.8) is 0 Å². The number of pyridine rings is 1. The number of fused-ring (bicyclic) bond motifs is 1. The number of amides is 1. The summed E-state index contributed by atoms with van der Waals surface area (Å²) in [6, 6.07) is 8.32. The van der Waals surface area contributed by atoms with Crippen LogP contribution in [0.25, 0.3) is 11.1 Å². The van der Waals surface area contributed by atoms with Crippen LogP contribution < -0.4 is 4.90 Å². The third-order valence-corrected chi connectivity index (χ3v) is 3.59. The van der Waals surface area contributed by atoms with Gasteiger partial charge in [-0.1, -0.05) is 6.07 Å². The molecule has 23 heavy (non-hydrogen) atoms. The molecule has 7 heteroatoms. The molecule has 0 aliphatic carbocycles. The maximum absolute atomic E-state index is 13.9. The van der Waals surface area contributed by atoms with Gasteiger partial charge in [-0.3, -0.25) is 9.69 Å². The summed E-state index contributed by atoms with van der Waals surface area (Å²) in [5, 5.41) is 0. The molecule has 118 valence electrons. The first-order valence-electron chi connectivity index (χ1n) is 6.73. The van der Waals surface area contributed by atoms with E-state index < -0.39 is 17.5 Å².